The predicted molar refractivity (Wildman–Crippen MR) is 219 cm³/mol. The second-order valence-electron chi connectivity index (χ2n) is 14.7. The van der Waals surface area contributed by atoms with Gasteiger partial charge < -0.3 is 9.13 Å². The van der Waals surface area contributed by atoms with Crippen LogP contribution >= 0.6 is 0 Å². The van der Waals surface area contributed by atoms with Crippen molar-refractivity contribution in [3.8, 4) is 45.1 Å². The first-order chi connectivity index (χ1) is 26.0. The highest BCUT2D eigenvalue weighted by atomic mass is 15.0. The van der Waals surface area contributed by atoms with Crippen LogP contribution in [-0.2, 0) is 5.41 Å². The van der Waals surface area contributed by atoms with E-state index >= 15 is 0 Å². The van der Waals surface area contributed by atoms with E-state index in [2.05, 4.69) is 193 Å². The van der Waals surface area contributed by atoms with Crippen LogP contribution in [0.15, 0.2) is 170 Å². The molecule has 7 aromatic carbocycles. The van der Waals surface area contributed by atoms with Crippen LogP contribution in [0, 0.1) is 0 Å². The largest absolute Gasteiger partial charge is 0.315 e. The first kappa shape index (κ1) is 29.9. The van der Waals surface area contributed by atoms with Gasteiger partial charge in [0.25, 0.3) is 0 Å². The molecule has 1 aliphatic rings. The Bertz CT molecular complexity index is 3090. The maximum absolute atomic E-state index is 5.38. The van der Waals surface area contributed by atoms with Crippen molar-refractivity contribution in [2.45, 2.75) is 19.3 Å². The van der Waals surface area contributed by atoms with Crippen molar-refractivity contribution in [3.63, 3.8) is 0 Å². The van der Waals surface area contributed by atoms with Crippen molar-refractivity contribution in [2.24, 2.45) is 0 Å². The topological polar surface area (TPSA) is 35.6 Å². The number of hydrogen-bond acceptors (Lipinski definition) is 2. The van der Waals surface area contributed by atoms with Crippen molar-refractivity contribution in [1.29, 1.82) is 0 Å². The lowest BCUT2D eigenvalue weighted by molar-refractivity contribution is 0.660. The van der Waals surface area contributed by atoms with Crippen molar-refractivity contribution in [3.05, 3.63) is 181 Å². The fourth-order valence-electron chi connectivity index (χ4n) is 8.81. The number of aromatic nitrogens is 4. The molecule has 0 N–H and O–H groups in total. The van der Waals surface area contributed by atoms with Gasteiger partial charge in [0.1, 0.15) is 0 Å². The highest BCUT2D eigenvalue weighted by Gasteiger charge is 2.35. The Kier molecular flexibility index (Phi) is 6.27. The Balaban J connectivity index is 1.12. The molecule has 11 rings (SSSR count). The summed E-state index contributed by atoms with van der Waals surface area (Å²) in [5.74, 6) is 0.710. The maximum Gasteiger partial charge on any atom is 0.160 e. The average molecular weight is 679 g/mol. The molecule has 0 saturated heterocycles. The van der Waals surface area contributed by atoms with Crippen molar-refractivity contribution in [1.82, 2.24) is 19.1 Å². The minimum absolute atomic E-state index is 0.101. The normalized spacial score (nSPS) is 13.2. The van der Waals surface area contributed by atoms with Gasteiger partial charge in [-0.25, -0.2) is 9.97 Å². The van der Waals surface area contributed by atoms with Gasteiger partial charge >= 0.3 is 0 Å². The molecule has 10 aromatic rings. The second kappa shape index (κ2) is 11.1. The van der Waals surface area contributed by atoms with Crippen LogP contribution in [-0.4, -0.2) is 19.1 Å². The van der Waals surface area contributed by atoms with E-state index in [0.29, 0.717) is 5.82 Å². The van der Waals surface area contributed by atoms with Crippen molar-refractivity contribution in [2.75, 3.05) is 0 Å². The van der Waals surface area contributed by atoms with Crippen LogP contribution in [0.3, 0.4) is 0 Å². The summed E-state index contributed by atoms with van der Waals surface area (Å²) in [7, 11) is 0. The number of fused-ring (bicyclic) bond motifs is 9. The van der Waals surface area contributed by atoms with E-state index in [1.807, 2.05) is 0 Å². The lowest BCUT2D eigenvalue weighted by Gasteiger charge is -2.22. The summed E-state index contributed by atoms with van der Waals surface area (Å²) < 4.78 is 4.73. The number of rotatable bonds is 4. The molecule has 0 saturated carbocycles. The van der Waals surface area contributed by atoms with Gasteiger partial charge in [0.2, 0.25) is 0 Å². The van der Waals surface area contributed by atoms with E-state index in [4.69, 9.17) is 9.97 Å². The van der Waals surface area contributed by atoms with Crippen LogP contribution in [0.4, 0.5) is 0 Å². The molecule has 3 heterocycles. The third-order valence-electron chi connectivity index (χ3n) is 11.3. The number of nitrogens with zero attached hydrogens (tertiary/aromatic N) is 4. The first-order valence-corrected chi connectivity index (χ1v) is 18.3. The molecule has 53 heavy (non-hydrogen) atoms. The van der Waals surface area contributed by atoms with Crippen molar-refractivity contribution >= 4 is 43.6 Å². The minimum Gasteiger partial charge on any atom is -0.315 e. The molecule has 0 radical (unpaired) electrons. The summed E-state index contributed by atoms with van der Waals surface area (Å²) in [5, 5.41) is 4.69. The molecule has 1 aliphatic carbocycles. The van der Waals surface area contributed by atoms with Crippen molar-refractivity contribution < 1.29 is 0 Å². The van der Waals surface area contributed by atoms with Gasteiger partial charge in [0.15, 0.2) is 5.82 Å². The zero-order valence-corrected chi connectivity index (χ0v) is 29.5. The highest BCUT2D eigenvalue weighted by molar-refractivity contribution is 6.18. The van der Waals surface area contributed by atoms with Gasteiger partial charge in [-0.3, -0.25) is 0 Å². The molecule has 250 valence electrons. The molecule has 0 fully saturated rings. The molecular weight excluding hydrogens is 645 g/mol. The van der Waals surface area contributed by atoms with E-state index in [-0.39, 0.29) is 5.41 Å². The zero-order valence-electron chi connectivity index (χ0n) is 29.5. The summed E-state index contributed by atoms with van der Waals surface area (Å²) in [6, 6.07) is 58.8. The summed E-state index contributed by atoms with van der Waals surface area (Å²) in [4.78, 5) is 10.6. The second-order valence-corrected chi connectivity index (χ2v) is 14.7. The molecule has 0 atom stereocenters. The molecule has 0 spiro atoms. The molecule has 4 nitrogen and oxygen atoms in total. The van der Waals surface area contributed by atoms with Gasteiger partial charge in [-0.1, -0.05) is 129 Å². The smallest absolute Gasteiger partial charge is 0.160 e. The molecule has 0 unspecified atom stereocenters. The van der Waals surface area contributed by atoms with Crippen LogP contribution in [0.25, 0.3) is 88.8 Å². The third kappa shape index (κ3) is 4.36. The number of para-hydroxylation sites is 3. The van der Waals surface area contributed by atoms with Gasteiger partial charge in [-0.15, -0.1) is 0 Å². The summed E-state index contributed by atoms with van der Waals surface area (Å²) in [6.07, 6.45) is 2.18. The fourth-order valence-corrected chi connectivity index (χ4v) is 8.81. The SMILES string of the molecule is CC1(C)c2ccccc2-c2ccc(-c3nc(-c4cccc(-n5c6ccccc6c6ccc7ccn(-c8ccccc8)c7c65)c4)nc4ccccc34)cc21. The quantitative estimate of drug-likeness (QED) is 0.186. The van der Waals surface area contributed by atoms with Crippen LogP contribution in [0.1, 0.15) is 25.0 Å². The highest BCUT2D eigenvalue weighted by Crippen LogP contribution is 2.50. The van der Waals surface area contributed by atoms with E-state index in [9.17, 15) is 0 Å². The molecule has 3 aromatic heterocycles. The zero-order chi connectivity index (χ0) is 35.3. The van der Waals surface area contributed by atoms with E-state index in [1.54, 1.807) is 0 Å². The van der Waals surface area contributed by atoms with Crippen LogP contribution < -0.4 is 0 Å². The lowest BCUT2D eigenvalue weighted by Crippen LogP contribution is -2.15. The van der Waals surface area contributed by atoms with Crippen LogP contribution in [0.2, 0.25) is 0 Å². The van der Waals surface area contributed by atoms with E-state index in [0.717, 1.165) is 44.6 Å². The Labute approximate surface area is 307 Å². The summed E-state index contributed by atoms with van der Waals surface area (Å²) in [5.41, 5.74) is 14.9. The van der Waals surface area contributed by atoms with Gasteiger partial charge in [-0.2, -0.15) is 0 Å². The molecule has 0 amide bonds. The fraction of sp³-hybridized carbons (Fsp3) is 0.0612. The Hall–Kier alpha value is -6.78. The Morgan fingerprint density at radius 1 is 0.491 bits per heavy atom. The monoisotopic (exact) mass is 678 g/mol. The van der Waals surface area contributed by atoms with E-state index < -0.39 is 0 Å². The van der Waals surface area contributed by atoms with Gasteiger partial charge in [0.05, 0.1) is 27.8 Å². The molecule has 0 bridgehead atoms. The van der Waals surface area contributed by atoms with E-state index in [1.165, 1.54) is 49.4 Å². The lowest BCUT2D eigenvalue weighted by atomic mass is 9.82. The first-order valence-electron chi connectivity index (χ1n) is 18.3. The van der Waals surface area contributed by atoms with Crippen LogP contribution in [0.5, 0.6) is 0 Å². The minimum atomic E-state index is -0.101. The predicted octanol–water partition coefficient (Wildman–Crippen LogP) is 12.3. The Morgan fingerprint density at radius 3 is 2.15 bits per heavy atom. The third-order valence-corrected chi connectivity index (χ3v) is 11.3. The average Bonchev–Trinajstić information content (AvgIpc) is 3.86. The summed E-state index contributed by atoms with van der Waals surface area (Å²) in [6.45, 7) is 4.66. The summed E-state index contributed by atoms with van der Waals surface area (Å²) >= 11 is 0. The number of hydrogen-bond donors (Lipinski definition) is 0. The standard InChI is InChI=1S/C49H34N4/c1-49(2)41-20-9-6-17-36(41)37-25-24-32(30-42(37)49)45-40-19-7-10-21-43(40)50-48(51-45)33-13-12-16-35(29-33)53-44-22-11-8-18-38(44)39-26-23-31-27-28-52(46(31)47(39)53)34-14-4-3-5-15-34/h3-30H,1-2H3. The Morgan fingerprint density at radius 2 is 1.25 bits per heavy atom. The molecular formula is C49H34N4. The molecule has 4 heteroatoms. The van der Waals surface area contributed by atoms with Gasteiger partial charge in [-0.05, 0) is 70.8 Å². The molecule has 0 aliphatic heterocycles. The van der Waals surface area contributed by atoms with Gasteiger partial charge in [0, 0.05) is 55.7 Å². The maximum atomic E-state index is 5.38. The number of benzene rings is 7.